The predicted molar refractivity (Wildman–Crippen MR) is 128 cm³/mol. The number of amides is 2. The third kappa shape index (κ3) is 4.75. The Morgan fingerprint density at radius 2 is 1.94 bits per heavy atom. The molecule has 1 fully saturated rings. The first-order chi connectivity index (χ1) is 16.8. The van der Waals surface area contributed by atoms with Crippen LogP contribution in [0.15, 0.2) is 59.4 Å². The fourth-order valence-electron chi connectivity index (χ4n) is 3.59. The number of carbonyl (C=O) groups is 2. The van der Waals surface area contributed by atoms with E-state index in [1.54, 1.807) is 37.3 Å². The van der Waals surface area contributed by atoms with E-state index in [2.05, 4.69) is 10.4 Å². The lowest BCUT2D eigenvalue weighted by atomic mass is 10.2. The van der Waals surface area contributed by atoms with E-state index < -0.39 is 33.9 Å². The lowest BCUT2D eigenvalue weighted by Gasteiger charge is -2.23. The number of aryl methyl sites for hydroxylation is 1. The number of nitro groups is 1. The summed E-state index contributed by atoms with van der Waals surface area (Å²) >= 11 is 1.35. The summed E-state index contributed by atoms with van der Waals surface area (Å²) in [6, 6.07) is 14.5. The van der Waals surface area contributed by atoms with Gasteiger partial charge in [0.1, 0.15) is 11.7 Å². The van der Waals surface area contributed by atoms with E-state index in [-0.39, 0.29) is 17.3 Å². The van der Waals surface area contributed by atoms with Gasteiger partial charge in [0, 0.05) is 29.3 Å². The van der Waals surface area contributed by atoms with Crippen molar-refractivity contribution in [3.05, 3.63) is 91.9 Å². The molecule has 1 aliphatic rings. The van der Waals surface area contributed by atoms with Gasteiger partial charge in [-0.2, -0.15) is 10.4 Å². The second kappa shape index (κ2) is 9.78. The zero-order chi connectivity index (χ0) is 25.1. The zero-order valence-electron chi connectivity index (χ0n) is 18.4. The maximum Gasteiger partial charge on any atom is 0.294 e. The average molecular weight is 491 g/mol. The molecule has 0 saturated carbocycles. The average Bonchev–Trinajstić information content (AvgIpc) is 3.34. The SMILES string of the molecule is Cc1cc(=O)c(C(=O)N2CSCC2C(=O)Nc2ccc(C#N)cc2)nn1-c1ccccc1[N+](=O)[O-]. The van der Waals surface area contributed by atoms with Crippen molar-refractivity contribution in [1.29, 1.82) is 5.26 Å². The second-order valence-corrected chi connectivity index (χ2v) is 8.63. The third-order valence-electron chi connectivity index (χ3n) is 5.34. The monoisotopic (exact) mass is 490 g/mol. The molecule has 2 heterocycles. The van der Waals surface area contributed by atoms with E-state index in [0.29, 0.717) is 22.7 Å². The van der Waals surface area contributed by atoms with Gasteiger partial charge >= 0.3 is 0 Å². The molecule has 0 radical (unpaired) electrons. The molecule has 35 heavy (non-hydrogen) atoms. The molecule has 4 rings (SSSR count). The van der Waals surface area contributed by atoms with Crippen LogP contribution in [0.4, 0.5) is 11.4 Å². The minimum Gasteiger partial charge on any atom is -0.324 e. The minimum atomic E-state index is -0.856. The van der Waals surface area contributed by atoms with Gasteiger partial charge in [-0.25, -0.2) is 4.68 Å². The van der Waals surface area contributed by atoms with Gasteiger partial charge in [0.25, 0.3) is 11.6 Å². The van der Waals surface area contributed by atoms with Crippen molar-refractivity contribution in [1.82, 2.24) is 14.7 Å². The molecule has 1 saturated heterocycles. The van der Waals surface area contributed by atoms with Crippen molar-refractivity contribution < 1.29 is 14.5 Å². The number of rotatable bonds is 5. The molecule has 0 bridgehead atoms. The van der Waals surface area contributed by atoms with E-state index in [0.717, 1.165) is 0 Å². The summed E-state index contributed by atoms with van der Waals surface area (Å²) in [7, 11) is 0. The second-order valence-electron chi connectivity index (χ2n) is 7.63. The van der Waals surface area contributed by atoms with Crippen molar-refractivity contribution in [2.24, 2.45) is 0 Å². The van der Waals surface area contributed by atoms with Crippen LogP contribution in [0.5, 0.6) is 0 Å². The maximum absolute atomic E-state index is 13.3. The number of benzene rings is 2. The normalized spacial score (nSPS) is 14.9. The van der Waals surface area contributed by atoms with Crippen molar-refractivity contribution in [2.75, 3.05) is 16.9 Å². The molecule has 2 amide bonds. The molecule has 1 N–H and O–H groups in total. The molecule has 12 heteroatoms. The van der Waals surface area contributed by atoms with Gasteiger partial charge in [-0.05, 0) is 37.3 Å². The van der Waals surface area contributed by atoms with Crippen molar-refractivity contribution in [3.8, 4) is 11.8 Å². The molecule has 1 atom stereocenters. The van der Waals surface area contributed by atoms with Crippen LogP contribution < -0.4 is 10.7 Å². The summed E-state index contributed by atoms with van der Waals surface area (Å²) in [6.45, 7) is 1.55. The highest BCUT2D eigenvalue weighted by Gasteiger charge is 2.37. The van der Waals surface area contributed by atoms with Crippen molar-refractivity contribution >= 4 is 35.0 Å². The lowest BCUT2D eigenvalue weighted by Crippen LogP contribution is -2.46. The zero-order valence-corrected chi connectivity index (χ0v) is 19.2. The highest BCUT2D eigenvalue weighted by molar-refractivity contribution is 7.99. The van der Waals surface area contributed by atoms with E-state index >= 15 is 0 Å². The number of nitrogens with one attached hydrogen (secondary N) is 1. The Morgan fingerprint density at radius 1 is 1.23 bits per heavy atom. The summed E-state index contributed by atoms with van der Waals surface area (Å²) in [6.07, 6.45) is 0. The first kappa shape index (κ1) is 23.7. The Morgan fingerprint density at radius 3 is 2.63 bits per heavy atom. The number of para-hydroxylation sites is 2. The lowest BCUT2D eigenvalue weighted by molar-refractivity contribution is -0.384. The summed E-state index contributed by atoms with van der Waals surface area (Å²) in [4.78, 5) is 51.1. The number of anilines is 1. The quantitative estimate of drug-likeness (QED) is 0.423. The van der Waals surface area contributed by atoms with Crippen LogP contribution in [0.25, 0.3) is 5.69 Å². The van der Waals surface area contributed by atoms with Gasteiger partial charge in [-0.15, -0.1) is 11.8 Å². The van der Waals surface area contributed by atoms with Crippen molar-refractivity contribution in [2.45, 2.75) is 13.0 Å². The van der Waals surface area contributed by atoms with Crippen LogP contribution in [0.2, 0.25) is 0 Å². The number of nitriles is 1. The van der Waals surface area contributed by atoms with E-state index in [9.17, 15) is 24.5 Å². The molecule has 11 nitrogen and oxygen atoms in total. The molecule has 0 spiro atoms. The van der Waals surface area contributed by atoms with Gasteiger partial charge in [0.15, 0.2) is 5.69 Å². The Hall–Kier alpha value is -4.50. The molecule has 2 aromatic carbocycles. The van der Waals surface area contributed by atoms with Crippen LogP contribution in [0.1, 0.15) is 21.7 Å². The Kier molecular flexibility index (Phi) is 6.61. The van der Waals surface area contributed by atoms with Crippen LogP contribution in [-0.4, -0.2) is 49.1 Å². The molecule has 3 aromatic rings. The summed E-state index contributed by atoms with van der Waals surface area (Å²) in [5, 5.41) is 27.3. The van der Waals surface area contributed by atoms with Crippen LogP contribution in [-0.2, 0) is 4.79 Å². The summed E-state index contributed by atoms with van der Waals surface area (Å²) in [5.74, 6) is -0.700. The van der Waals surface area contributed by atoms with Gasteiger partial charge in [0.2, 0.25) is 11.3 Å². The molecule has 0 aliphatic carbocycles. The van der Waals surface area contributed by atoms with E-state index in [4.69, 9.17) is 5.26 Å². The number of thioether (sulfide) groups is 1. The van der Waals surface area contributed by atoms with Crippen LogP contribution in [0, 0.1) is 28.4 Å². The van der Waals surface area contributed by atoms with Gasteiger partial charge in [-0.1, -0.05) is 12.1 Å². The molecule has 1 unspecified atom stereocenters. The molecular formula is C23H18N6O5S. The van der Waals surface area contributed by atoms with Gasteiger partial charge < -0.3 is 10.2 Å². The molecule has 1 aromatic heterocycles. The largest absolute Gasteiger partial charge is 0.324 e. The topological polar surface area (TPSA) is 151 Å². The van der Waals surface area contributed by atoms with Crippen LogP contribution >= 0.6 is 11.8 Å². The number of nitrogens with zero attached hydrogens (tertiary/aromatic N) is 5. The molecular weight excluding hydrogens is 472 g/mol. The van der Waals surface area contributed by atoms with Crippen molar-refractivity contribution in [3.63, 3.8) is 0 Å². The van der Waals surface area contributed by atoms with Gasteiger partial charge in [0.05, 0.1) is 22.4 Å². The maximum atomic E-state index is 13.3. The Bertz CT molecular complexity index is 1430. The Balaban J connectivity index is 1.64. The highest BCUT2D eigenvalue weighted by Crippen LogP contribution is 2.25. The Labute approximate surface area is 203 Å². The summed E-state index contributed by atoms with van der Waals surface area (Å²) in [5.41, 5.74) is 0.00303. The smallest absolute Gasteiger partial charge is 0.294 e. The first-order valence-electron chi connectivity index (χ1n) is 10.3. The fraction of sp³-hybridized carbons (Fsp3) is 0.174. The molecule has 1 aliphatic heterocycles. The number of nitro benzene ring substituents is 1. The number of carbonyl (C=O) groups excluding carboxylic acids is 2. The fourth-order valence-corrected chi connectivity index (χ4v) is 4.74. The summed E-state index contributed by atoms with van der Waals surface area (Å²) < 4.78 is 1.18. The van der Waals surface area contributed by atoms with Crippen LogP contribution in [0.3, 0.4) is 0 Å². The number of hydrogen-bond donors (Lipinski definition) is 1. The van der Waals surface area contributed by atoms with E-state index in [1.807, 2.05) is 6.07 Å². The number of hydrogen-bond acceptors (Lipinski definition) is 8. The van der Waals surface area contributed by atoms with Gasteiger partial charge in [-0.3, -0.25) is 24.5 Å². The third-order valence-corrected chi connectivity index (χ3v) is 6.36. The number of aromatic nitrogens is 2. The minimum absolute atomic E-state index is 0.106. The van der Waals surface area contributed by atoms with E-state index in [1.165, 1.54) is 45.6 Å². The molecule has 176 valence electrons. The predicted octanol–water partition coefficient (Wildman–Crippen LogP) is 2.47. The highest BCUT2D eigenvalue weighted by atomic mass is 32.2. The standard InChI is InChI=1S/C23H18N6O5S/c1-14-10-20(30)21(26-28(14)17-4-2-3-5-18(17)29(33)34)23(32)27-13-35-12-19(27)22(31)25-16-8-6-15(11-24)7-9-16/h2-10,19H,12-13H2,1H3,(H,25,31). The first-order valence-corrected chi connectivity index (χ1v) is 11.5.